The molecule has 1 unspecified atom stereocenters. The van der Waals surface area contributed by atoms with Crippen LogP contribution in [0.5, 0.6) is 5.75 Å². The number of rotatable bonds is 6. The van der Waals surface area contributed by atoms with E-state index in [9.17, 15) is 22.8 Å². The Labute approximate surface area is 264 Å². The Hall–Kier alpha value is -3.83. The summed E-state index contributed by atoms with van der Waals surface area (Å²) in [5.74, 6) is 0.155. The molecule has 45 heavy (non-hydrogen) atoms. The highest BCUT2D eigenvalue weighted by Gasteiger charge is 2.36. The SMILES string of the molecule is COC(=O)c1ccc([C@@H]2CC(c3csc(C(F)(F)F)c3)CCN2Cc2c(OC)cc(C)c3c2ccn3C(=O)OC(C)(C)C)cc1. The molecule has 0 radical (unpaired) electrons. The molecule has 2 aromatic carbocycles. The van der Waals surface area contributed by atoms with E-state index in [-0.39, 0.29) is 12.0 Å². The fraction of sp³-hybridized carbons (Fsp3) is 0.412. The summed E-state index contributed by atoms with van der Waals surface area (Å²) in [6.07, 6.45) is -1.90. The Morgan fingerprint density at radius 1 is 1.02 bits per heavy atom. The number of alkyl halides is 3. The lowest BCUT2D eigenvalue weighted by atomic mass is 9.83. The van der Waals surface area contributed by atoms with Crippen LogP contribution in [0.4, 0.5) is 18.0 Å². The number of carbonyl (C=O) groups is 2. The number of piperidine rings is 1. The van der Waals surface area contributed by atoms with Crippen LogP contribution in [0.25, 0.3) is 10.9 Å². The first-order chi connectivity index (χ1) is 21.2. The number of likely N-dealkylation sites (tertiary alicyclic amines) is 1. The maximum absolute atomic E-state index is 13.4. The Morgan fingerprint density at radius 3 is 2.33 bits per heavy atom. The molecule has 2 aromatic heterocycles. The van der Waals surface area contributed by atoms with Crippen molar-refractivity contribution < 1.29 is 37.0 Å². The van der Waals surface area contributed by atoms with E-state index < -0.39 is 28.7 Å². The number of aromatic nitrogens is 1. The van der Waals surface area contributed by atoms with Gasteiger partial charge in [0, 0.05) is 29.7 Å². The summed E-state index contributed by atoms with van der Waals surface area (Å²) < 4.78 is 58.2. The van der Waals surface area contributed by atoms with Gasteiger partial charge in [-0.05, 0) is 105 Å². The lowest BCUT2D eigenvalue weighted by molar-refractivity contribution is -0.134. The van der Waals surface area contributed by atoms with Gasteiger partial charge in [-0.2, -0.15) is 13.2 Å². The van der Waals surface area contributed by atoms with Crippen LogP contribution >= 0.6 is 11.3 Å². The zero-order chi connectivity index (χ0) is 32.7. The molecule has 1 aliphatic rings. The molecular weight excluding hydrogens is 605 g/mol. The number of benzene rings is 2. The predicted octanol–water partition coefficient (Wildman–Crippen LogP) is 8.73. The van der Waals surface area contributed by atoms with Gasteiger partial charge in [0.1, 0.15) is 16.2 Å². The van der Waals surface area contributed by atoms with Crippen molar-refractivity contribution in [1.82, 2.24) is 9.47 Å². The van der Waals surface area contributed by atoms with Crippen molar-refractivity contribution in [2.24, 2.45) is 0 Å². The smallest absolute Gasteiger partial charge is 0.425 e. The summed E-state index contributed by atoms with van der Waals surface area (Å²) in [4.78, 5) is 26.9. The van der Waals surface area contributed by atoms with Gasteiger partial charge in [-0.15, -0.1) is 11.3 Å². The number of hydrogen-bond donors (Lipinski definition) is 0. The molecule has 0 bridgehead atoms. The molecular formula is C34H37F3N2O5S. The quantitative estimate of drug-likeness (QED) is 0.196. The molecule has 1 aliphatic heterocycles. The number of ether oxygens (including phenoxy) is 3. The second-order valence-electron chi connectivity index (χ2n) is 12.4. The van der Waals surface area contributed by atoms with E-state index in [1.165, 1.54) is 17.7 Å². The molecule has 5 rings (SSSR count). The second-order valence-corrected chi connectivity index (χ2v) is 13.3. The van der Waals surface area contributed by atoms with Crippen LogP contribution in [0, 0.1) is 6.92 Å². The molecule has 1 fully saturated rings. The molecule has 1 saturated heterocycles. The molecule has 7 nitrogen and oxygen atoms in total. The van der Waals surface area contributed by atoms with Crippen molar-refractivity contribution in [2.75, 3.05) is 20.8 Å². The van der Waals surface area contributed by atoms with Crippen molar-refractivity contribution in [3.63, 3.8) is 0 Å². The number of aryl methyl sites for hydroxylation is 1. The first-order valence-corrected chi connectivity index (χ1v) is 15.6. The van der Waals surface area contributed by atoms with Gasteiger partial charge in [0.2, 0.25) is 0 Å². The lowest BCUT2D eigenvalue weighted by Gasteiger charge is -2.40. The number of esters is 1. The van der Waals surface area contributed by atoms with Crippen molar-refractivity contribution in [3.05, 3.63) is 86.7 Å². The highest BCUT2D eigenvalue weighted by molar-refractivity contribution is 7.10. The summed E-state index contributed by atoms with van der Waals surface area (Å²) in [5.41, 5.74) is 3.85. The van der Waals surface area contributed by atoms with E-state index in [0.29, 0.717) is 42.8 Å². The van der Waals surface area contributed by atoms with E-state index in [0.717, 1.165) is 38.9 Å². The Kier molecular flexibility index (Phi) is 9.06. The number of thiophene rings is 1. The van der Waals surface area contributed by atoms with Crippen LogP contribution in [0.2, 0.25) is 0 Å². The largest absolute Gasteiger partial charge is 0.496 e. The van der Waals surface area contributed by atoms with Crippen LogP contribution in [0.3, 0.4) is 0 Å². The normalized spacial score (nSPS) is 17.8. The van der Waals surface area contributed by atoms with Gasteiger partial charge < -0.3 is 14.2 Å². The lowest BCUT2D eigenvalue weighted by Crippen LogP contribution is -2.36. The van der Waals surface area contributed by atoms with Gasteiger partial charge in [-0.3, -0.25) is 9.47 Å². The number of hydrogen-bond acceptors (Lipinski definition) is 7. The number of halogens is 3. The average molecular weight is 643 g/mol. The zero-order valence-electron chi connectivity index (χ0n) is 26.2. The van der Waals surface area contributed by atoms with Crippen LogP contribution in [0.1, 0.15) is 83.1 Å². The third-order valence-electron chi connectivity index (χ3n) is 8.20. The minimum absolute atomic E-state index is 0.0768. The second kappa shape index (κ2) is 12.5. The van der Waals surface area contributed by atoms with Crippen molar-refractivity contribution >= 4 is 34.3 Å². The summed E-state index contributed by atoms with van der Waals surface area (Å²) in [7, 11) is 2.94. The van der Waals surface area contributed by atoms with E-state index in [4.69, 9.17) is 14.2 Å². The first-order valence-electron chi connectivity index (χ1n) is 14.7. The standard InChI is InChI=1S/C34H37F3N2O5S/c1-20-15-28(42-5)26(25-12-14-39(30(20)25)32(41)44-33(2,3)4)18-38-13-11-23(24-17-29(45-19-24)34(35,36)37)16-27(38)21-7-9-22(10-8-21)31(40)43-6/h7-10,12,14-15,17,19,23,27H,11,13,16,18H2,1-6H3/t23?,27-/m0/s1. The van der Waals surface area contributed by atoms with Crippen LogP contribution < -0.4 is 4.74 Å². The molecule has 0 N–H and O–H groups in total. The van der Waals surface area contributed by atoms with Gasteiger partial charge in [0.25, 0.3) is 0 Å². The van der Waals surface area contributed by atoms with Gasteiger partial charge in [-0.1, -0.05) is 12.1 Å². The summed E-state index contributed by atoms with van der Waals surface area (Å²) in [5, 5.41) is 2.47. The van der Waals surface area contributed by atoms with Crippen molar-refractivity contribution in [2.45, 2.75) is 70.8 Å². The fourth-order valence-corrected chi connectivity index (χ4v) is 6.96. The van der Waals surface area contributed by atoms with Crippen LogP contribution in [0.15, 0.2) is 54.0 Å². The van der Waals surface area contributed by atoms with Gasteiger partial charge >= 0.3 is 18.2 Å². The zero-order valence-corrected chi connectivity index (χ0v) is 27.0. The van der Waals surface area contributed by atoms with Gasteiger partial charge in [0.15, 0.2) is 0 Å². The van der Waals surface area contributed by atoms with Crippen molar-refractivity contribution in [1.29, 1.82) is 0 Å². The number of methoxy groups -OCH3 is 2. The maximum Gasteiger partial charge on any atom is 0.425 e. The average Bonchev–Trinajstić information content (AvgIpc) is 3.66. The minimum atomic E-state index is -4.38. The minimum Gasteiger partial charge on any atom is -0.496 e. The summed E-state index contributed by atoms with van der Waals surface area (Å²) in [6, 6.07) is 12.1. The Bertz CT molecular complexity index is 1700. The number of nitrogens with zero attached hydrogens (tertiary/aromatic N) is 2. The third-order valence-corrected chi connectivity index (χ3v) is 9.19. The van der Waals surface area contributed by atoms with Crippen LogP contribution in [-0.2, 0) is 22.2 Å². The molecule has 11 heteroatoms. The van der Waals surface area contributed by atoms with E-state index >= 15 is 0 Å². The molecule has 240 valence electrons. The Morgan fingerprint density at radius 2 is 1.73 bits per heavy atom. The topological polar surface area (TPSA) is 70.0 Å². The highest BCUT2D eigenvalue weighted by Crippen LogP contribution is 2.45. The van der Waals surface area contributed by atoms with E-state index in [1.54, 1.807) is 30.8 Å². The van der Waals surface area contributed by atoms with E-state index in [2.05, 4.69) is 4.90 Å². The van der Waals surface area contributed by atoms with Gasteiger partial charge in [0.05, 0.1) is 25.3 Å². The molecule has 0 saturated carbocycles. The van der Waals surface area contributed by atoms with E-state index in [1.807, 2.05) is 52.0 Å². The third kappa shape index (κ3) is 6.89. The molecule has 4 aromatic rings. The summed E-state index contributed by atoms with van der Waals surface area (Å²) in [6.45, 7) is 8.45. The number of fused-ring (bicyclic) bond motifs is 1. The fourth-order valence-electron chi connectivity index (χ4n) is 6.10. The van der Waals surface area contributed by atoms with Crippen molar-refractivity contribution in [3.8, 4) is 5.75 Å². The molecule has 0 spiro atoms. The monoisotopic (exact) mass is 642 g/mol. The molecule has 0 aliphatic carbocycles. The maximum atomic E-state index is 13.4. The summed E-state index contributed by atoms with van der Waals surface area (Å²) >= 11 is 0.727. The first kappa shape index (κ1) is 32.6. The van der Waals surface area contributed by atoms with Gasteiger partial charge in [-0.25, -0.2) is 9.59 Å². The van der Waals surface area contributed by atoms with Crippen LogP contribution in [-0.4, -0.2) is 47.9 Å². The molecule has 2 atom stereocenters. The Balaban J connectivity index is 1.53. The molecule has 0 amide bonds. The molecule has 3 heterocycles. The number of carbonyl (C=O) groups excluding carboxylic acids is 2. The highest BCUT2D eigenvalue weighted by atomic mass is 32.1. The predicted molar refractivity (Wildman–Crippen MR) is 167 cm³/mol.